The van der Waals surface area contributed by atoms with Gasteiger partial charge in [0, 0.05) is 6.04 Å². The second-order valence-electron chi connectivity index (χ2n) is 5.06. The smallest absolute Gasteiger partial charge is 0.391 e. The molecule has 1 saturated carbocycles. The summed E-state index contributed by atoms with van der Waals surface area (Å²) in [6.45, 7) is 0. The van der Waals surface area contributed by atoms with Crippen molar-refractivity contribution in [1.82, 2.24) is 9.71 Å². The first-order valence-electron chi connectivity index (χ1n) is 6.55. The van der Waals surface area contributed by atoms with Gasteiger partial charge in [0.2, 0.25) is 10.0 Å². The van der Waals surface area contributed by atoms with Crippen LogP contribution in [-0.4, -0.2) is 30.7 Å². The van der Waals surface area contributed by atoms with Crippen LogP contribution in [0.3, 0.4) is 0 Å². The molecule has 0 radical (unpaired) electrons. The third kappa shape index (κ3) is 3.89. The molecule has 2 unspecified atom stereocenters. The van der Waals surface area contributed by atoms with Gasteiger partial charge in [0.25, 0.3) is 0 Å². The molecule has 1 aromatic heterocycles. The summed E-state index contributed by atoms with van der Waals surface area (Å²) < 4.78 is 64.2. The molecule has 124 valence electrons. The zero-order chi connectivity index (χ0) is 16.5. The number of nitrogens with zero attached hydrogens (tertiary/aromatic N) is 1. The maximum Gasteiger partial charge on any atom is 0.433 e. The Morgan fingerprint density at radius 1 is 1.27 bits per heavy atom. The van der Waals surface area contributed by atoms with Gasteiger partial charge >= 0.3 is 6.18 Å². The largest absolute Gasteiger partial charge is 0.433 e. The number of sulfonamides is 1. The van der Waals surface area contributed by atoms with Gasteiger partial charge in [-0.25, -0.2) is 18.1 Å². The van der Waals surface area contributed by atoms with Crippen molar-refractivity contribution < 1.29 is 26.7 Å². The molecule has 1 aromatic rings. The molecule has 22 heavy (non-hydrogen) atoms. The standard InChI is InChI=1S/C12H14ClF3N2O3S/c13-11-9(5-6-10(17-11)12(14,15)16)22(20,21)18-7-3-1-2-4-8(7)19/h5-8,18-19H,1-4H2. The molecule has 2 rings (SSSR count). The molecule has 10 heteroatoms. The second kappa shape index (κ2) is 6.31. The number of aromatic nitrogens is 1. The van der Waals surface area contributed by atoms with Gasteiger partial charge in [-0.3, -0.25) is 0 Å². The highest BCUT2D eigenvalue weighted by Crippen LogP contribution is 2.31. The number of alkyl halides is 3. The van der Waals surface area contributed by atoms with Crippen molar-refractivity contribution in [2.24, 2.45) is 0 Å². The van der Waals surface area contributed by atoms with Gasteiger partial charge in [-0.05, 0) is 25.0 Å². The maximum atomic E-state index is 12.5. The van der Waals surface area contributed by atoms with E-state index in [0.717, 1.165) is 18.9 Å². The van der Waals surface area contributed by atoms with E-state index in [-0.39, 0.29) is 0 Å². The first-order chi connectivity index (χ1) is 10.1. The predicted octanol–water partition coefficient (Wildman–Crippen LogP) is 2.34. The molecule has 1 aliphatic rings. The molecular weight excluding hydrogens is 345 g/mol. The van der Waals surface area contributed by atoms with Gasteiger partial charge in [-0.2, -0.15) is 13.2 Å². The van der Waals surface area contributed by atoms with Crippen LogP contribution in [0, 0.1) is 0 Å². The number of halogens is 4. The molecule has 1 heterocycles. The topological polar surface area (TPSA) is 79.3 Å². The predicted molar refractivity (Wildman–Crippen MR) is 72.8 cm³/mol. The van der Waals surface area contributed by atoms with E-state index in [9.17, 15) is 26.7 Å². The van der Waals surface area contributed by atoms with E-state index >= 15 is 0 Å². The van der Waals surface area contributed by atoms with Crippen molar-refractivity contribution in [3.8, 4) is 0 Å². The summed E-state index contributed by atoms with van der Waals surface area (Å²) in [6.07, 6.45) is -3.08. The molecule has 0 bridgehead atoms. The van der Waals surface area contributed by atoms with Crippen LogP contribution in [0.1, 0.15) is 31.4 Å². The molecule has 2 N–H and O–H groups in total. The van der Waals surface area contributed by atoms with Gasteiger partial charge in [0.1, 0.15) is 15.7 Å². The highest BCUT2D eigenvalue weighted by atomic mass is 35.5. The van der Waals surface area contributed by atoms with Crippen molar-refractivity contribution >= 4 is 21.6 Å². The van der Waals surface area contributed by atoms with Gasteiger partial charge in [-0.15, -0.1) is 0 Å². The molecular formula is C12H14ClF3N2O3S. The van der Waals surface area contributed by atoms with Gasteiger partial charge in [0.05, 0.1) is 6.10 Å². The highest BCUT2D eigenvalue weighted by molar-refractivity contribution is 7.89. The Bertz CT molecular complexity index is 652. The maximum absolute atomic E-state index is 12.5. The van der Waals surface area contributed by atoms with E-state index in [1.165, 1.54) is 0 Å². The van der Waals surface area contributed by atoms with E-state index in [1.54, 1.807) is 0 Å². The number of rotatable bonds is 3. The summed E-state index contributed by atoms with van der Waals surface area (Å²) in [6, 6.07) is 0.630. The van der Waals surface area contributed by atoms with Crippen LogP contribution in [0.2, 0.25) is 5.15 Å². The fourth-order valence-corrected chi connectivity index (χ4v) is 4.07. The number of hydrogen-bond acceptors (Lipinski definition) is 4. The Morgan fingerprint density at radius 3 is 2.45 bits per heavy atom. The number of aliphatic hydroxyl groups excluding tert-OH is 1. The van der Waals surface area contributed by atoms with E-state index in [2.05, 4.69) is 9.71 Å². The third-order valence-corrected chi connectivity index (χ3v) is 5.35. The Hall–Kier alpha value is -0.900. The monoisotopic (exact) mass is 358 g/mol. The summed E-state index contributed by atoms with van der Waals surface area (Å²) in [4.78, 5) is 2.54. The molecule has 1 fully saturated rings. The summed E-state index contributed by atoms with van der Waals surface area (Å²) in [7, 11) is -4.16. The van der Waals surface area contributed by atoms with Crippen LogP contribution >= 0.6 is 11.6 Å². The second-order valence-corrected chi connectivity index (χ2v) is 7.10. The number of aliphatic hydroxyl groups is 1. The van der Waals surface area contributed by atoms with Crippen molar-refractivity contribution in [1.29, 1.82) is 0 Å². The van der Waals surface area contributed by atoms with Gasteiger partial charge < -0.3 is 5.11 Å². The number of pyridine rings is 1. The van der Waals surface area contributed by atoms with Crippen molar-refractivity contribution in [3.05, 3.63) is 23.0 Å². The van der Waals surface area contributed by atoms with E-state index < -0.39 is 44.1 Å². The molecule has 1 aliphatic carbocycles. The average molecular weight is 359 g/mol. The summed E-state index contributed by atoms with van der Waals surface area (Å²) >= 11 is 5.58. The lowest BCUT2D eigenvalue weighted by Crippen LogP contribution is -2.45. The molecule has 0 spiro atoms. The van der Waals surface area contributed by atoms with E-state index in [4.69, 9.17) is 11.6 Å². The average Bonchev–Trinajstić information content (AvgIpc) is 2.40. The van der Waals surface area contributed by atoms with E-state index in [1.807, 2.05) is 0 Å². The van der Waals surface area contributed by atoms with Crippen LogP contribution < -0.4 is 4.72 Å². The lowest BCUT2D eigenvalue weighted by atomic mass is 9.93. The van der Waals surface area contributed by atoms with Crippen LogP contribution in [0.15, 0.2) is 17.0 Å². The van der Waals surface area contributed by atoms with Gasteiger partial charge in [-0.1, -0.05) is 24.4 Å². The molecule has 0 aromatic carbocycles. The summed E-state index contributed by atoms with van der Waals surface area (Å²) in [5, 5.41) is 9.02. The van der Waals surface area contributed by atoms with Crippen molar-refractivity contribution in [3.63, 3.8) is 0 Å². The fraction of sp³-hybridized carbons (Fsp3) is 0.583. The van der Waals surface area contributed by atoms with Crippen LogP contribution in [-0.2, 0) is 16.2 Å². The third-order valence-electron chi connectivity index (χ3n) is 3.43. The minimum atomic E-state index is -4.71. The van der Waals surface area contributed by atoms with Crippen LogP contribution in [0.25, 0.3) is 0 Å². The molecule has 2 atom stereocenters. The molecule has 0 saturated heterocycles. The molecule has 5 nitrogen and oxygen atoms in total. The quantitative estimate of drug-likeness (QED) is 0.813. The normalized spacial score (nSPS) is 23.5. The first-order valence-corrected chi connectivity index (χ1v) is 8.41. The Morgan fingerprint density at radius 2 is 1.91 bits per heavy atom. The highest BCUT2D eigenvalue weighted by Gasteiger charge is 2.35. The Kier molecular flexibility index (Phi) is 5.00. The molecule has 0 amide bonds. The van der Waals surface area contributed by atoms with Crippen molar-refractivity contribution in [2.75, 3.05) is 0 Å². The zero-order valence-electron chi connectivity index (χ0n) is 11.3. The lowest BCUT2D eigenvalue weighted by molar-refractivity contribution is -0.141. The number of hydrogen-bond donors (Lipinski definition) is 2. The Labute approximate surface area is 130 Å². The minimum Gasteiger partial charge on any atom is -0.391 e. The van der Waals surface area contributed by atoms with Crippen molar-refractivity contribution in [2.45, 2.75) is 48.9 Å². The summed E-state index contributed by atoms with van der Waals surface area (Å²) in [5.41, 5.74) is -1.27. The molecule has 0 aliphatic heterocycles. The van der Waals surface area contributed by atoms with Gasteiger partial charge in [0.15, 0.2) is 0 Å². The van der Waals surface area contributed by atoms with E-state index in [0.29, 0.717) is 18.9 Å². The number of nitrogens with one attached hydrogen (secondary N) is 1. The van der Waals surface area contributed by atoms with Crippen LogP contribution in [0.4, 0.5) is 13.2 Å². The minimum absolute atomic E-state index is 0.450. The first kappa shape index (κ1) is 17.5. The Balaban J connectivity index is 2.26. The van der Waals surface area contributed by atoms with Crippen LogP contribution in [0.5, 0.6) is 0 Å². The lowest BCUT2D eigenvalue weighted by Gasteiger charge is -2.28. The summed E-state index contributed by atoms with van der Waals surface area (Å²) in [5.74, 6) is 0. The fourth-order valence-electron chi connectivity index (χ4n) is 2.29. The zero-order valence-corrected chi connectivity index (χ0v) is 12.8. The SMILES string of the molecule is O=S(=O)(NC1CCCCC1O)c1ccc(C(F)(F)F)nc1Cl.